The molecule has 0 fully saturated rings. The van der Waals surface area contributed by atoms with Crippen LogP contribution in [-0.2, 0) is 12.7 Å². The van der Waals surface area contributed by atoms with Crippen molar-refractivity contribution < 1.29 is 31.4 Å². The Morgan fingerprint density at radius 3 is 2.58 bits per heavy atom. The average molecular weight is 490 g/mol. The molecule has 0 aliphatic carbocycles. The molecule has 0 aliphatic heterocycles. The highest BCUT2D eigenvalue weighted by Crippen LogP contribution is 2.36. The van der Waals surface area contributed by atoms with E-state index in [-0.39, 0.29) is 22.2 Å². The smallest absolute Gasteiger partial charge is 0.437 e. The summed E-state index contributed by atoms with van der Waals surface area (Å²) < 4.78 is 74.9. The maximum Gasteiger partial charge on any atom is 0.437 e. The molecule has 3 rings (SSSR count). The predicted octanol–water partition coefficient (Wildman–Crippen LogP) is 3.99. The van der Waals surface area contributed by atoms with E-state index in [1.165, 1.54) is 6.07 Å². The number of halogens is 6. The van der Waals surface area contributed by atoms with Gasteiger partial charge in [0.1, 0.15) is 5.75 Å². The first-order chi connectivity index (χ1) is 15.5. The van der Waals surface area contributed by atoms with Crippen molar-refractivity contribution in [2.45, 2.75) is 19.3 Å². The number of nitrogens with one attached hydrogen (secondary N) is 1. The largest absolute Gasteiger partial charge is 0.451 e. The van der Waals surface area contributed by atoms with Gasteiger partial charge in [0.05, 0.1) is 25.1 Å². The number of rotatable bonds is 6. The molecule has 0 saturated heterocycles. The van der Waals surface area contributed by atoms with Crippen molar-refractivity contribution in [3.05, 3.63) is 79.1 Å². The summed E-state index contributed by atoms with van der Waals surface area (Å²) in [6.45, 7) is 3.09. The van der Waals surface area contributed by atoms with Crippen LogP contribution < -0.4 is 20.6 Å². The van der Waals surface area contributed by atoms with Crippen molar-refractivity contribution >= 4 is 17.3 Å². The molecule has 2 aromatic heterocycles. The normalized spacial score (nSPS) is 11.3. The summed E-state index contributed by atoms with van der Waals surface area (Å²) in [5, 5.41) is 5.38. The van der Waals surface area contributed by atoms with Crippen molar-refractivity contribution in [2.24, 2.45) is 0 Å². The number of aromatic amines is 1. The third kappa shape index (κ3) is 5.63. The lowest BCUT2D eigenvalue weighted by molar-refractivity contribution is -0.142. The fourth-order valence-electron chi connectivity index (χ4n) is 2.53. The van der Waals surface area contributed by atoms with Gasteiger partial charge in [-0.2, -0.15) is 27.1 Å². The van der Waals surface area contributed by atoms with Gasteiger partial charge in [0.2, 0.25) is 5.75 Å². The number of benzene rings is 1. The molecule has 0 amide bonds. The van der Waals surface area contributed by atoms with Crippen LogP contribution in [0.25, 0.3) is 4.85 Å². The summed E-state index contributed by atoms with van der Waals surface area (Å²) in [5.74, 6) is -2.37. The van der Waals surface area contributed by atoms with Crippen molar-refractivity contribution in [2.75, 3.05) is 0 Å². The fourth-order valence-corrected chi connectivity index (χ4v) is 2.75. The first-order valence-electron chi connectivity index (χ1n) is 8.54. The van der Waals surface area contributed by atoms with Crippen LogP contribution in [0.3, 0.4) is 0 Å². The minimum atomic E-state index is -5.08. The summed E-state index contributed by atoms with van der Waals surface area (Å²) in [6.07, 6.45) is -4.54. The Bertz CT molecular complexity index is 1350. The van der Waals surface area contributed by atoms with E-state index < -0.39 is 47.6 Å². The molecule has 0 radical (unpaired) electrons. The number of ether oxygens (including phenoxy) is 2. The van der Waals surface area contributed by atoms with Gasteiger partial charge in [0.15, 0.2) is 17.1 Å². The monoisotopic (exact) mass is 489 g/mol. The molecule has 33 heavy (non-hydrogen) atoms. The van der Waals surface area contributed by atoms with Gasteiger partial charge in [-0.1, -0.05) is 11.6 Å². The van der Waals surface area contributed by atoms with Crippen LogP contribution in [0.1, 0.15) is 11.4 Å². The maximum atomic E-state index is 13.4. The third-order valence-corrected chi connectivity index (χ3v) is 4.06. The fraction of sp³-hybridized carbons (Fsp3) is 0.167. The summed E-state index contributed by atoms with van der Waals surface area (Å²) in [5.41, 5.74) is -4.31. The summed E-state index contributed by atoms with van der Waals surface area (Å²) in [7, 11) is 0. The van der Waals surface area contributed by atoms with Crippen molar-refractivity contribution in [1.82, 2.24) is 19.7 Å². The standard InChI is InChI=1S/C18H9ClF5N5O4/c1-25-9-2-8(19)3-11(4-9)32-13-14(18(22,23)24)26-7-29(16(13)31)6-10-5-12(33-17(20)21)15(30)28-27-10/h2-5,7,17H,6H2,(H,28,30). The first-order valence-corrected chi connectivity index (χ1v) is 8.91. The molecule has 0 saturated carbocycles. The number of hydrogen-bond acceptors (Lipinski definition) is 6. The number of aromatic nitrogens is 4. The highest BCUT2D eigenvalue weighted by molar-refractivity contribution is 6.31. The van der Waals surface area contributed by atoms with Crippen LogP contribution in [0, 0.1) is 6.57 Å². The Morgan fingerprint density at radius 2 is 1.94 bits per heavy atom. The quantitative estimate of drug-likeness (QED) is 0.415. The third-order valence-electron chi connectivity index (χ3n) is 3.84. The number of hydrogen-bond donors (Lipinski definition) is 1. The zero-order valence-corrected chi connectivity index (χ0v) is 16.6. The molecule has 0 bridgehead atoms. The highest BCUT2D eigenvalue weighted by atomic mass is 35.5. The topological polar surface area (TPSA) is 103 Å². The van der Waals surface area contributed by atoms with Crippen LogP contribution in [0.2, 0.25) is 5.02 Å². The van der Waals surface area contributed by atoms with E-state index in [1.54, 1.807) is 0 Å². The summed E-state index contributed by atoms with van der Waals surface area (Å²) in [6, 6.07) is 4.17. The van der Waals surface area contributed by atoms with Gasteiger partial charge in [0.25, 0.3) is 5.56 Å². The van der Waals surface area contributed by atoms with E-state index in [2.05, 4.69) is 19.7 Å². The lowest BCUT2D eigenvalue weighted by Crippen LogP contribution is -2.27. The molecule has 2 heterocycles. The average Bonchev–Trinajstić information content (AvgIpc) is 2.71. The van der Waals surface area contributed by atoms with Crippen LogP contribution in [-0.4, -0.2) is 26.4 Å². The molecule has 0 atom stereocenters. The van der Waals surface area contributed by atoms with E-state index in [1.807, 2.05) is 5.10 Å². The van der Waals surface area contributed by atoms with Gasteiger partial charge in [-0.25, -0.2) is 14.9 Å². The van der Waals surface area contributed by atoms with Gasteiger partial charge in [-0.15, -0.1) is 0 Å². The molecule has 1 N–H and O–H groups in total. The van der Waals surface area contributed by atoms with Crippen LogP contribution in [0.5, 0.6) is 17.2 Å². The second kappa shape index (κ2) is 9.25. The van der Waals surface area contributed by atoms with Gasteiger partial charge in [-0.3, -0.25) is 14.2 Å². The van der Waals surface area contributed by atoms with E-state index in [0.29, 0.717) is 10.9 Å². The SMILES string of the molecule is [C-]#[N+]c1cc(Cl)cc(Oc2c(C(F)(F)F)ncn(Cc3cc(OC(F)F)c(=O)[nH]n3)c2=O)c1. The lowest BCUT2D eigenvalue weighted by Gasteiger charge is -2.15. The molecule has 1 aromatic carbocycles. The van der Waals surface area contributed by atoms with E-state index in [0.717, 1.165) is 18.2 Å². The number of alkyl halides is 5. The van der Waals surface area contributed by atoms with Crippen LogP contribution in [0.15, 0.2) is 40.2 Å². The second-order valence-electron chi connectivity index (χ2n) is 6.14. The van der Waals surface area contributed by atoms with E-state index >= 15 is 0 Å². The van der Waals surface area contributed by atoms with Gasteiger partial charge < -0.3 is 9.47 Å². The molecule has 3 aromatic rings. The molecule has 0 aliphatic rings. The van der Waals surface area contributed by atoms with Crippen molar-refractivity contribution in [1.29, 1.82) is 0 Å². The predicted molar refractivity (Wildman–Crippen MR) is 102 cm³/mol. The van der Waals surface area contributed by atoms with Crippen molar-refractivity contribution in [3.8, 4) is 17.2 Å². The second-order valence-corrected chi connectivity index (χ2v) is 6.58. The Kier molecular flexibility index (Phi) is 6.63. The minimum Gasteiger partial charge on any atom is -0.451 e. The molecular formula is C18H9ClF5N5O4. The molecule has 15 heteroatoms. The zero-order chi connectivity index (χ0) is 24.3. The highest BCUT2D eigenvalue weighted by Gasteiger charge is 2.38. The van der Waals surface area contributed by atoms with Gasteiger partial charge in [0, 0.05) is 11.1 Å². The molecular weight excluding hydrogens is 481 g/mol. The van der Waals surface area contributed by atoms with Crippen molar-refractivity contribution in [3.63, 3.8) is 0 Å². The Balaban J connectivity index is 2.06. The van der Waals surface area contributed by atoms with Gasteiger partial charge in [-0.05, 0) is 18.2 Å². The number of H-pyrrole nitrogens is 1. The summed E-state index contributed by atoms with van der Waals surface area (Å²) >= 11 is 5.82. The summed E-state index contributed by atoms with van der Waals surface area (Å²) in [4.78, 5) is 30.6. The van der Waals surface area contributed by atoms with Crippen LogP contribution >= 0.6 is 11.6 Å². The van der Waals surface area contributed by atoms with E-state index in [9.17, 15) is 31.5 Å². The molecule has 9 nitrogen and oxygen atoms in total. The minimum absolute atomic E-state index is 0.0275. The van der Waals surface area contributed by atoms with E-state index in [4.69, 9.17) is 22.9 Å². The lowest BCUT2D eigenvalue weighted by atomic mass is 10.3. The Labute approximate surface area is 184 Å². The molecule has 0 unspecified atom stereocenters. The number of nitrogens with zero attached hydrogens (tertiary/aromatic N) is 4. The molecule has 0 spiro atoms. The maximum absolute atomic E-state index is 13.4. The van der Waals surface area contributed by atoms with Crippen LogP contribution in [0.4, 0.5) is 27.6 Å². The Morgan fingerprint density at radius 1 is 1.21 bits per heavy atom. The molecule has 172 valence electrons. The zero-order valence-electron chi connectivity index (χ0n) is 15.9. The van der Waals surface area contributed by atoms with Gasteiger partial charge >= 0.3 is 18.3 Å². The Hall–Kier alpha value is -3.99. The first kappa shape index (κ1) is 23.7.